The first-order valence-corrected chi connectivity index (χ1v) is 13.3. The van der Waals surface area contributed by atoms with Gasteiger partial charge in [0.15, 0.2) is 0 Å². The Bertz CT molecular complexity index is 1350. The first kappa shape index (κ1) is 26.4. The summed E-state index contributed by atoms with van der Waals surface area (Å²) in [5.74, 6) is -0.298. The molecular formula is C26H20ClI2N3O4. The second-order valence-corrected chi connectivity index (χ2v) is 10.8. The van der Waals surface area contributed by atoms with Crippen LogP contribution in [-0.2, 0) is 16.2 Å². The first-order valence-electron chi connectivity index (χ1n) is 10.8. The van der Waals surface area contributed by atoms with Crippen molar-refractivity contribution in [3.63, 3.8) is 0 Å². The lowest BCUT2D eigenvalue weighted by Crippen LogP contribution is -2.38. The predicted molar refractivity (Wildman–Crippen MR) is 156 cm³/mol. The molecule has 10 heteroatoms. The Morgan fingerprint density at radius 2 is 1.78 bits per heavy atom. The maximum Gasteiger partial charge on any atom is 0.329 e. The van der Waals surface area contributed by atoms with E-state index in [2.05, 4.69) is 55.8 Å². The molecular weight excluding hydrogens is 708 g/mol. The summed E-state index contributed by atoms with van der Waals surface area (Å²) >= 11 is 10.3. The van der Waals surface area contributed by atoms with Crippen molar-refractivity contribution >= 4 is 86.4 Å². The number of rotatable bonds is 7. The third kappa shape index (κ3) is 6.56. The van der Waals surface area contributed by atoms with Crippen LogP contribution in [0.25, 0.3) is 6.08 Å². The van der Waals surface area contributed by atoms with Gasteiger partial charge < -0.3 is 15.4 Å². The number of halogens is 3. The van der Waals surface area contributed by atoms with Gasteiger partial charge in [0.2, 0.25) is 5.91 Å². The molecule has 0 spiro atoms. The molecule has 7 nitrogen and oxygen atoms in total. The minimum atomic E-state index is -0.641. The Hall–Kier alpha value is -2.64. The molecule has 0 bridgehead atoms. The largest absolute Gasteiger partial charge is 0.487 e. The van der Waals surface area contributed by atoms with Crippen LogP contribution in [0.5, 0.6) is 5.75 Å². The topological polar surface area (TPSA) is 87.7 Å². The fraction of sp³-hybridized carbons (Fsp3) is 0.115. The van der Waals surface area contributed by atoms with Crippen molar-refractivity contribution in [2.45, 2.75) is 13.5 Å². The zero-order chi connectivity index (χ0) is 25.8. The Morgan fingerprint density at radius 1 is 1.08 bits per heavy atom. The van der Waals surface area contributed by atoms with Crippen LogP contribution in [0.1, 0.15) is 16.7 Å². The van der Waals surface area contributed by atoms with E-state index in [0.717, 1.165) is 34.5 Å². The lowest BCUT2D eigenvalue weighted by molar-refractivity contribution is -0.127. The van der Waals surface area contributed by atoms with Crippen molar-refractivity contribution < 1.29 is 19.1 Å². The quantitative estimate of drug-likeness (QED) is 0.179. The lowest BCUT2D eigenvalue weighted by Gasteiger charge is -2.12. The number of benzene rings is 3. The van der Waals surface area contributed by atoms with Gasteiger partial charge in [0.05, 0.1) is 7.14 Å². The molecule has 0 unspecified atom stereocenters. The summed E-state index contributed by atoms with van der Waals surface area (Å²) in [4.78, 5) is 38.5. The molecule has 1 heterocycles. The molecule has 1 saturated heterocycles. The third-order valence-corrected chi connectivity index (χ3v) is 7.05. The standard InChI is InChI=1S/C26H20ClI2N3O4/c1-15-3-2-4-19(9-15)30-23(33)13-32-25(34)22(31-26(32)35)12-17-10-20(28)24(21(29)11-17)36-14-16-5-7-18(27)8-6-16/h2-12H,13-14H2,1H3,(H,30,33)(H,31,35)/b22-12+. The SMILES string of the molecule is Cc1cccc(NC(=O)CN2C(=O)N/C(=C/c3cc(I)c(OCc4ccc(Cl)cc4)c(I)c3)C2=O)c1. The molecule has 184 valence electrons. The number of hydrogen-bond acceptors (Lipinski definition) is 4. The molecule has 1 fully saturated rings. The number of nitrogens with zero attached hydrogens (tertiary/aromatic N) is 1. The van der Waals surface area contributed by atoms with Gasteiger partial charge in [-0.05, 0) is 111 Å². The van der Waals surface area contributed by atoms with Gasteiger partial charge >= 0.3 is 6.03 Å². The second kappa shape index (κ2) is 11.6. The highest BCUT2D eigenvalue weighted by molar-refractivity contribution is 14.1. The minimum absolute atomic E-state index is 0.102. The van der Waals surface area contributed by atoms with E-state index in [1.807, 2.05) is 55.5 Å². The van der Waals surface area contributed by atoms with Crippen molar-refractivity contribution in [2.75, 3.05) is 11.9 Å². The van der Waals surface area contributed by atoms with Crippen molar-refractivity contribution in [3.05, 3.63) is 95.2 Å². The summed E-state index contributed by atoms with van der Waals surface area (Å²) in [5.41, 5.74) is 3.40. The van der Waals surface area contributed by atoms with Crippen molar-refractivity contribution in [3.8, 4) is 5.75 Å². The Balaban J connectivity index is 1.43. The van der Waals surface area contributed by atoms with E-state index in [0.29, 0.717) is 17.3 Å². The molecule has 1 aliphatic heterocycles. The molecule has 3 aromatic carbocycles. The molecule has 4 amide bonds. The Kier molecular flexibility index (Phi) is 8.52. The van der Waals surface area contributed by atoms with E-state index in [1.165, 1.54) is 0 Å². The van der Waals surface area contributed by atoms with Crippen LogP contribution in [0.4, 0.5) is 10.5 Å². The van der Waals surface area contributed by atoms with E-state index < -0.39 is 17.8 Å². The van der Waals surface area contributed by atoms with E-state index in [9.17, 15) is 14.4 Å². The molecule has 0 aromatic heterocycles. The third-order valence-electron chi connectivity index (χ3n) is 5.19. The molecule has 2 N–H and O–H groups in total. The van der Waals surface area contributed by atoms with Crippen LogP contribution >= 0.6 is 56.8 Å². The number of anilines is 1. The fourth-order valence-corrected chi connectivity index (χ4v) is 5.74. The number of carbonyl (C=O) groups excluding carboxylic acids is 3. The molecule has 0 atom stereocenters. The summed E-state index contributed by atoms with van der Waals surface area (Å²) in [7, 11) is 0. The van der Waals surface area contributed by atoms with Gasteiger partial charge in [-0.25, -0.2) is 9.69 Å². The van der Waals surface area contributed by atoms with Gasteiger partial charge in [-0.1, -0.05) is 35.9 Å². The fourth-order valence-electron chi connectivity index (χ4n) is 3.49. The van der Waals surface area contributed by atoms with Crippen LogP contribution in [0.2, 0.25) is 5.02 Å². The average Bonchev–Trinajstić information content (AvgIpc) is 3.07. The van der Waals surface area contributed by atoms with Crippen molar-refractivity contribution in [1.29, 1.82) is 0 Å². The van der Waals surface area contributed by atoms with Gasteiger partial charge in [0.1, 0.15) is 24.6 Å². The molecule has 0 saturated carbocycles. The van der Waals surface area contributed by atoms with Crippen LogP contribution in [0.3, 0.4) is 0 Å². The van der Waals surface area contributed by atoms with Crippen LogP contribution in [0.15, 0.2) is 66.4 Å². The summed E-state index contributed by atoms with van der Waals surface area (Å²) in [6.07, 6.45) is 1.59. The average molecular weight is 728 g/mol. The van der Waals surface area contributed by atoms with Crippen LogP contribution in [-0.4, -0.2) is 29.3 Å². The van der Waals surface area contributed by atoms with E-state index >= 15 is 0 Å². The smallest absolute Gasteiger partial charge is 0.329 e. The first-order chi connectivity index (χ1) is 17.2. The van der Waals surface area contributed by atoms with Crippen LogP contribution in [0, 0.1) is 14.1 Å². The van der Waals surface area contributed by atoms with E-state index in [1.54, 1.807) is 18.2 Å². The van der Waals surface area contributed by atoms with Gasteiger partial charge in [-0.3, -0.25) is 9.59 Å². The molecule has 4 rings (SSSR count). The number of amides is 4. The number of urea groups is 1. The summed E-state index contributed by atoms with van der Waals surface area (Å²) in [6.45, 7) is 1.91. The summed E-state index contributed by atoms with van der Waals surface area (Å²) < 4.78 is 7.71. The number of hydrogen-bond donors (Lipinski definition) is 2. The zero-order valence-electron chi connectivity index (χ0n) is 19.0. The normalized spacial score (nSPS) is 14.2. The molecule has 0 radical (unpaired) electrons. The summed E-state index contributed by atoms with van der Waals surface area (Å²) in [5, 5.41) is 5.93. The monoisotopic (exact) mass is 727 g/mol. The number of imide groups is 1. The number of carbonyl (C=O) groups is 3. The zero-order valence-corrected chi connectivity index (χ0v) is 24.1. The van der Waals surface area contributed by atoms with Crippen LogP contribution < -0.4 is 15.4 Å². The van der Waals surface area contributed by atoms with Gasteiger partial charge in [-0.15, -0.1) is 0 Å². The van der Waals surface area contributed by atoms with E-state index in [4.69, 9.17) is 16.3 Å². The van der Waals surface area contributed by atoms with Gasteiger partial charge in [-0.2, -0.15) is 0 Å². The number of aryl methyl sites for hydroxylation is 1. The highest BCUT2D eigenvalue weighted by Gasteiger charge is 2.35. The predicted octanol–water partition coefficient (Wildman–Crippen LogP) is 5.97. The minimum Gasteiger partial charge on any atom is -0.487 e. The maximum atomic E-state index is 12.8. The molecule has 36 heavy (non-hydrogen) atoms. The summed E-state index contributed by atoms with van der Waals surface area (Å²) in [6, 6.07) is 17.8. The Morgan fingerprint density at radius 3 is 2.44 bits per heavy atom. The van der Waals surface area contributed by atoms with Crippen molar-refractivity contribution in [1.82, 2.24) is 10.2 Å². The number of ether oxygens (including phenoxy) is 1. The van der Waals surface area contributed by atoms with Gasteiger partial charge in [0.25, 0.3) is 5.91 Å². The van der Waals surface area contributed by atoms with E-state index in [-0.39, 0.29) is 12.2 Å². The van der Waals surface area contributed by atoms with Crippen molar-refractivity contribution in [2.24, 2.45) is 0 Å². The second-order valence-electron chi connectivity index (χ2n) is 8.03. The number of nitrogens with one attached hydrogen (secondary N) is 2. The lowest BCUT2D eigenvalue weighted by atomic mass is 10.2. The van der Waals surface area contributed by atoms with Gasteiger partial charge in [0, 0.05) is 10.7 Å². The highest BCUT2D eigenvalue weighted by Crippen LogP contribution is 2.31. The molecule has 3 aromatic rings. The maximum absolute atomic E-state index is 12.8. The highest BCUT2D eigenvalue weighted by atomic mass is 127. The molecule has 1 aliphatic rings. The Labute approximate surface area is 240 Å². The molecule has 0 aliphatic carbocycles.